The summed E-state index contributed by atoms with van der Waals surface area (Å²) in [4.78, 5) is 40.3. The molecule has 4 aromatic carbocycles. The number of aromatic nitrogens is 6. The number of benzene rings is 4. The Morgan fingerprint density at radius 3 is 1.63 bits per heavy atom. The molecular formula is C53H68N8O6. The zero-order chi connectivity index (χ0) is 48.2. The van der Waals surface area contributed by atoms with Crippen LogP contribution in [0.5, 0.6) is 0 Å². The molecule has 2 aromatic heterocycles. The molecule has 4 heterocycles. The van der Waals surface area contributed by atoms with Gasteiger partial charge in [-0.3, -0.25) is 9.59 Å². The van der Waals surface area contributed by atoms with Crippen LogP contribution in [0.25, 0.3) is 22.1 Å². The number of methoxy groups -OCH3 is 2. The summed E-state index contributed by atoms with van der Waals surface area (Å²) in [6.45, 7) is 22.4. The third kappa shape index (κ3) is 10.1. The van der Waals surface area contributed by atoms with E-state index in [1.54, 1.807) is 4.90 Å². The number of hydrogen-bond acceptors (Lipinski definition) is 11. The van der Waals surface area contributed by atoms with Crippen LogP contribution in [-0.4, -0.2) is 85.8 Å². The van der Waals surface area contributed by atoms with Crippen LogP contribution in [0.15, 0.2) is 60.7 Å². The minimum atomic E-state index is -0.547. The predicted octanol–water partition coefficient (Wildman–Crippen LogP) is 9.12. The van der Waals surface area contributed by atoms with E-state index in [1.165, 1.54) is 30.9 Å². The molecule has 2 unspecified atom stereocenters. The number of hydrogen-bond donors (Lipinski definition) is 1. The zero-order valence-electron chi connectivity index (χ0n) is 41.2. The van der Waals surface area contributed by atoms with Gasteiger partial charge in [-0.15, -0.1) is 10.2 Å². The fourth-order valence-electron chi connectivity index (χ4n) is 10.1. The number of aryl methyl sites for hydroxylation is 4. The van der Waals surface area contributed by atoms with Crippen LogP contribution in [0.4, 0.5) is 4.79 Å². The minimum absolute atomic E-state index is 0.0918. The molecule has 14 nitrogen and oxygen atoms in total. The van der Waals surface area contributed by atoms with Crippen molar-refractivity contribution in [3.05, 3.63) is 116 Å². The van der Waals surface area contributed by atoms with E-state index in [2.05, 4.69) is 101 Å². The highest BCUT2D eigenvalue weighted by Gasteiger charge is 2.35. The van der Waals surface area contributed by atoms with Gasteiger partial charge in [0.2, 0.25) is 0 Å². The molecule has 0 saturated heterocycles. The van der Waals surface area contributed by atoms with Gasteiger partial charge in [0, 0.05) is 44.6 Å². The van der Waals surface area contributed by atoms with Gasteiger partial charge in [-0.25, -0.2) is 14.2 Å². The van der Waals surface area contributed by atoms with E-state index in [0.29, 0.717) is 25.9 Å². The third-order valence-corrected chi connectivity index (χ3v) is 13.7. The smallest absolute Gasteiger partial charge is 0.410 e. The Kier molecular flexibility index (Phi) is 15.1. The molecular weight excluding hydrogens is 845 g/mol. The molecule has 14 heteroatoms. The van der Waals surface area contributed by atoms with Crippen LogP contribution in [0, 0.1) is 25.7 Å². The summed E-state index contributed by atoms with van der Waals surface area (Å²) in [6, 6.07) is 21.4. The molecule has 0 bridgehead atoms. The van der Waals surface area contributed by atoms with E-state index in [9.17, 15) is 14.4 Å². The van der Waals surface area contributed by atoms with Crippen molar-refractivity contribution in [2.45, 2.75) is 132 Å². The number of amides is 1. The van der Waals surface area contributed by atoms with Gasteiger partial charge in [0.05, 0.1) is 37.1 Å². The van der Waals surface area contributed by atoms with Crippen molar-refractivity contribution >= 4 is 40.1 Å². The molecule has 0 aliphatic carbocycles. The van der Waals surface area contributed by atoms with Crippen LogP contribution in [0.1, 0.15) is 129 Å². The maximum atomic E-state index is 13.0. The zero-order valence-corrected chi connectivity index (χ0v) is 41.2. The minimum Gasteiger partial charge on any atom is -0.469 e. The molecule has 4 atom stereocenters. The third-order valence-electron chi connectivity index (χ3n) is 13.7. The lowest BCUT2D eigenvalue weighted by Gasteiger charge is -2.32. The molecule has 6 aromatic rings. The number of nitrogens with zero attached hydrogens (tertiary/aromatic N) is 7. The van der Waals surface area contributed by atoms with E-state index in [1.807, 2.05) is 57.0 Å². The Morgan fingerprint density at radius 1 is 0.672 bits per heavy atom. The van der Waals surface area contributed by atoms with Crippen molar-refractivity contribution in [2.24, 2.45) is 11.8 Å². The fraction of sp³-hybridized carbons (Fsp3) is 0.491. The molecule has 0 fully saturated rings. The number of carbonyl (C=O) groups is 3. The van der Waals surface area contributed by atoms with Crippen molar-refractivity contribution in [3.63, 3.8) is 0 Å². The maximum absolute atomic E-state index is 13.0. The largest absolute Gasteiger partial charge is 0.469 e. The second-order valence-corrected chi connectivity index (χ2v) is 18.8. The van der Waals surface area contributed by atoms with E-state index in [0.717, 1.165) is 100 Å². The average molecular weight is 913 g/mol. The molecule has 1 amide bonds. The summed E-state index contributed by atoms with van der Waals surface area (Å²) in [6.07, 6.45) is 2.82. The topological polar surface area (TPSA) is 156 Å². The molecule has 1 N–H and O–H groups in total. The summed E-state index contributed by atoms with van der Waals surface area (Å²) in [5.41, 5.74) is 14.6. The Hall–Kier alpha value is -6.15. The van der Waals surface area contributed by atoms with Crippen molar-refractivity contribution in [3.8, 4) is 0 Å². The van der Waals surface area contributed by atoms with Gasteiger partial charge in [0.1, 0.15) is 16.6 Å². The number of carbonyl (C=O) groups excluding carboxylic acids is 3. The molecule has 67 heavy (non-hydrogen) atoms. The highest BCUT2D eigenvalue weighted by molar-refractivity contribution is 5.82. The lowest BCUT2D eigenvalue weighted by Crippen LogP contribution is -2.40. The SMILES string of the molecule is CCC(C(=O)OC)[C@@H](c1ccc2c(c1)CN(C(=O)OC(C)(C)C)CC2)c1ccc2c(nnn2CC)c1C.CCC(C(=O)OC)[C@@H](c1ccc2c(c1)CNCC2)c1ccc2c(nnn2CC)c1C. The number of fused-ring (bicyclic) bond motifs is 4. The van der Waals surface area contributed by atoms with Gasteiger partial charge in [0.25, 0.3) is 0 Å². The Labute approximate surface area is 394 Å². The monoisotopic (exact) mass is 913 g/mol. The summed E-state index contributed by atoms with van der Waals surface area (Å²) in [5, 5.41) is 20.9. The Bertz CT molecular complexity index is 2750. The van der Waals surface area contributed by atoms with Gasteiger partial charge in [-0.05, 0) is 148 Å². The average Bonchev–Trinajstić information content (AvgIpc) is 3.97. The molecule has 2 aliphatic rings. The van der Waals surface area contributed by atoms with Gasteiger partial charge in [-0.2, -0.15) is 0 Å². The molecule has 8 rings (SSSR count). The van der Waals surface area contributed by atoms with E-state index >= 15 is 0 Å². The first kappa shape index (κ1) is 48.8. The van der Waals surface area contributed by atoms with Crippen LogP contribution in [-0.2, 0) is 62.8 Å². The predicted molar refractivity (Wildman–Crippen MR) is 260 cm³/mol. The Balaban J connectivity index is 0.000000203. The summed E-state index contributed by atoms with van der Waals surface area (Å²) in [7, 11) is 2.91. The summed E-state index contributed by atoms with van der Waals surface area (Å²) in [5.74, 6) is -1.36. The number of rotatable bonds is 12. The van der Waals surface area contributed by atoms with Crippen LogP contribution in [0.3, 0.4) is 0 Å². The van der Waals surface area contributed by atoms with E-state index in [-0.39, 0.29) is 41.7 Å². The van der Waals surface area contributed by atoms with Gasteiger partial charge in [0.15, 0.2) is 0 Å². The fourth-order valence-corrected chi connectivity index (χ4v) is 10.1. The van der Waals surface area contributed by atoms with Crippen molar-refractivity contribution in [2.75, 3.05) is 27.3 Å². The second-order valence-electron chi connectivity index (χ2n) is 18.8. The molecule has 0 spiro atoms. The van der Waals surface area contributed by atoms with Gasteiger partial charge in [-0.1, -0.05) is 72.8 Å². The molecule has 0 radical (unpaired) electrons. The Morgan fingerprint density at radius 2 is 1.16 bits per heavy atom. The lowest BCUT2D eigenvalue weighted by atomic mass is 9.76. The first-order chi connectivity index (χ1) is 32.2. The molecule has 0 saturated carbocycles. The van der Waals surface area contributed by atoms with Crippen molar-refractivity contribution in [1.82, 2.24) is 40.2 Å². The van der Waals surface area contributed by atoms with E-state index < -0.39 is 5.60 Å². The quantitative estimate of drug-likeness (QED) is 0.0923. The first-order valence-electron chi connectivity index (χ1n) is 23.9. The first-order valence-corrected chi connectivity index (χ1v) is 23.9. The maximum Gasteiger partial charge on any atom is 0.410 e. The number of ether oxygens (including phenoxy) is 3. The molecule has 356 valence electrons. The van der Waals surface area contributed by atoms with Crippen molar-refractivity contribution < 1.29 is 28.6 Å². The van der Waals surface area contributed by atoms with Crippen LogP contribution >= 0.6 is 0 Å². The van der Waals surface area contributed by atoms with E-state index in [4.69, 9.17) is 14.2 Å². The second kappa shape index (κ2) is 20.8. The standard InChI is InChI=1S/C29H38N4O4.C24H30N4O2/c1-8-22(27(34)36-7)25(23-12-13-24-26(18(23)3)30-31-33(24)9-2)20-11-10-19-14-15-32(17-21(19)16-20)28(35)37-29(4,5)6;1-5-19(24(29)30-4)22(17-8-7-16-11-12-25-14-18(16)13-17)20-9-10-21-23(15(20)3)26-27-28(21)6-2/h10-13,16,22,25H,8-9,14-15,17H2,1-7H3;7-10,13,19,22,25H,5-6,11-12,14H2,1-4H3/t22?,25-;19?,22-/m11/s1. The van der Waals surface area contributed by atoms with Crippen LogP contribution in [0.2, 0.25) is 0 Å². The molecule has 2 aliphatic heterocycles. The highest BCUT2D eigenvalue weighted by Crippen LogP contribution is 2.41. The highest BCUT2D eigenvalue weighted by atomic mass is 16.6. The van der Waals surface area contributed by atoms with Gasteiger partial charge >= 0.3 is 18.0 Å². The normalized spacial score (nSPS) is 15.4. The lowest BCUT2D eigenvalue weighted by molar-refractivity contribution is -0.146. The number of esters is 2. The van der Waals surface area contributed by atoms with Crippen LogP contribution < -0.4 is 5.32 Å². The van der Waals surface area contributed by atoms with Gasteiger partial charge < -0.3 is 24.4 Å². The van der Waals surface area contributed by atoms with Crippen molar-refractivity contribution in [1.29, 1.82) is 0 Å². The summed E-state index contributed by atoms with van der Waals surface area (Å²) < 4.78 is 19.9. The number of nitrogens with one attached hydrogen (secondary N) is 1. The summed E-state index contributed by atoms with van der Waals surface area (Å²) >= 11 is 0.